The number of nitrogens with one attached hydrogen (secondary N) is 1. The molecule has 8 nitrogen and oxygen atoms in total. The van der Waals surface area contributed by atoms with Crippen LogP contribution in [-0.4, -0.2) is 50.6 Å². The molecule has 0 aliphatic heterocycles. The second-order valence-electron chi connectivity index (χ2n) is 7.72. The molecule has 1 saturated carbocycles. The van der Waals surface area contributed by atoms with E-state index in [9.17, 15) is 9.59 Å². The Labute approximate surface area is 175 Å². The Morgan fingerprint density at radius 2 is 1.90 bits per heavy atom. The van der Waals surface area contributed by atoms with E-state index in [1.165, 1.54) is 4.90 Å². The third kappa shape index (κ3) is 4.22. The molecule has 1 N–H and O–H groups in total. The summed E-state index contributed by atoms with van der Waals surface area (Å²) in [7, 11) is 5.20. The van der Waals surface area contributed by atoms with Crippen molar-refractivity contribution in [3.63, 3.8) is 0 Å². The number of carbonyl (C=O) groups excluding carboxylic acids is 2. The predicted molar refractivity (Wildman–Crippen MR) is 112 cm³/mol. The Kier molecular flexibility index (Phi) is 5.31. The maximum Gasteiger partial charge on any atom is 0.272 e. The van der Waals surface area contributed by atoms with Crippen LogP contribution >= 0.6 is 0 Å². The second kappa shape index (κ2) is 8.06. The van der Waals surface area contributed by atoms with Crippen molar-refractivity contribution in [3.05, 3.63) is 65.4 Å². The Bertz CT molecular complexity index is 1080. The smallest absolute Gasteiger partial charge is 0.272 e. The molecule has 0 atom stereocenters. The van der Waals surface area contributed by atoms with Crippen LogP contribution in [0.3, 0.4) is 0 Å². The lowest BCUT2D eigenvalue weighted by Gasteiger charge is -2.14. The molecule has 30 heavy (non-hydrogen) atoms. The van der Waals surface area contributed by atoms with E-state index in [0.29, 0.717) is 29.4 Å². The molecule has 0 saturated heterocycles. The normalized spacial score (nSPS) is 13.2. The van der Waals surface area contributed by atoms with E-state index in [1.54, 1.807) is 44.3 Å². The molecule has 8 heteroatoms. The highest BCUT2D eigenvalue weighted by molar-refractivity contribution is 5.99. The van der Waals surface area contributed by atoms with Gasteiger partial charge in [-0.25, -0.2) is 9.97 Å². The minimum atomic E-state index is -0.219. The summed E-state index contributed by atoms with van der Waals surface area (Å²) in [6.07, 6.45) is 5.55. The lowest BCUT2D eigenvalue weighted by molar-refractivity contribution is 0.0827. The van der Waals surface area contributed by atoms with Gasteiger partial charge in [0.15, 0.2) is 0 Å². The molecule has 1 aromatic carbocycles. The van der Waals surface area contributed by atoms with E-state index in [1.807, 2.05) is 24.3 Å². The summed E-state index contributed by atoms with van der Waals surface area (Å²) < 4.78 is 1.59. The molecule has 0 unspecified atom stereocenters. The van der Waals surface area contributed by atoms with E-state index >= 15 is 0 Å². The van der Waals surface area contributed by atoms with Crippen molar-refractivity contribution in [2.24, 2.45) is 7.05 Å². The standard InChI is InChI=1S/C22H24N6O2/c1-27(2)22(30)17-13-23-20(16-8-9-16)25-19(17)15-6-4-14(5-7-15)12-24-21(29)18-10-11-28(3)26-18/h4-7,10-11,13,16H,8-9,12H2,1-3H3,(H,24,29). The van der Waals surface area contributed by atoms with E-state index in [0.717, 1.165) is 29.8 Å². The minimum Gasteiger partial charge on any atom is -0.347 e. The second-order valence-corrected chi connectivity index (χ2v) is 7.72. The van der Waals surface area contributed by atoms with Crippen LogP contribution in [0.4, 0.5) is 0 Å². The van der Waals surface area contributed by atoms with Crippen molar-refractivity contribution in [3.8, 4) is 11.3 Å². The van der Waals surface area contributed by atoms with Gasteiger partial charge >= 0.3 is 0 Å². The van der Waals surface area contributed by atoms with Gasteiger partial charge in [-0.1, -0.05) is 24.3 Å². The summed E-state index contributed by atoms with van der Waals surface area (Å²) in [6, 6.07) is 9.38. The summed E-state index contributed by atoms with van der Waals surface area (Å²) in [5.74, 6) is 0.850. The molecule has 2 aromatic heterocycles. The number of benzene rings is 1. The van der Waals surface area contributed by atoms with Gasteiger partial charge in [0, 0.05) is 51.6 Å². The van der Waals surface area contributed by atoms with Crippen molar-refractivity contribution in [1.29, 1.82) is 0 Å². The Hall–Kier alpha value is -3.55. The first kappa shape index (κ1) is 19.8. The number of aryl methyl sites for hydroxylation is 1. The van der Waals surface area contributed by atoms with Crippen molar-refractivity contribution < 1.29 is 9.59 Å². The van der Waals surface area contributed by atoms with Crippen LogP contribution in [-0.2, 0) is 13.6 Å². The third-order valence-corrected chi connectivity index (χ3v) is 5.01. The van der Waals surface area contributed by atoms with Crippen molar-refractivity contribution in [2.75, 3.05) is 14.1 Å². The largest absolute Gasteiger partial charge is 0.347 e. The number of rotatable bonds is 6. The maximum absolute atomic E-state index is 12.6. The number of carbonyl (C=O) groups is 2. The topological polar surface area (TPSA) is 93.0 Å². The summed E-state index contributed by atoms with van der Waals surface area (Å²) in [5.41, 5.74) is 3.31. The van der Waals surface area contributed by atoms with Gasteiger partial charge in [0.1, 0.15) is 11.5 Å². The average Bonchev–Trinajstić information content (AvgIpc) is 3.51. The summed E-state index contributed by atoms with van der Waals surface area (Å²) in [5, 5.41) is 6.96. The molecule has 2 heterocycles. The zero-order valence-electron chi connectivity index (χ0n) is 17.3. The molecule has 1 aliphatic carbocycles. The van der Waals surface area contributed by atoms with Crippen LogP contribution in [0.25, 0.3) is 11.3 Å². The van der Waals surface area contributed by atoms with Gasteiger partial charge in [-0.3, -0.25) is 14.3 Å². The summed E-state index contributed by atoms with van der Waals surface area (Å²) in [4.78, 5) is 35.4. The summed E-state index contributed by atoms with van der Waals surface area (Å²) in [6.45, 7) is 0.385. The fraction of sp³-hybridized carbons (Fsp3) is 0.318. The fourth-order valence-electron chi connectivity index (χ4n) is 3.14. The molecule has 3 aromatic rings. The first-order valence-corrected chi connectivity index (χ1v) is 9.88. The minimum absolute atomic E-state index is 0.126. The molecule has 4 rings (SSSR count). The number of amides is 2. The van der Waals surface area contributed by atoms with Gasteiger partial charge in [-0.2, -0.15) is 5.10 Å². The highest BCUT2D eigenvalue weighted by atomic mass is 16.2. The van der Waals surface area contributed by atoms with Crippen molar-refractivity contribution in [2.45, 2.75) is 25.3 Å². The van der Waals surface area contributed by atoms with E-state index in [4.69, 9.17) is 4.98 Å². The first-order chi connectivity index (χ1) is 14.4. The number of hydrogen-bond acceptors (Lipinski definition) is 5. The van der Waals surface area contributed by atoms with Crippen LogP contribution in [0.2, 0.25) is 0 Å². The lowest BCUT2D eigenvalue weighted by atomic mass is 10.0. The van der Waals surface area contributed by atoms with Crippen LogP contribution < -0.4 is 5.32 Å². The molecule has 154 valence electrons. The predicted octanol–water partition coefficient (Wildman–Crippen LogP) is 2.39. The van der Waals surface area contributed by atoms with Gasteiger partial charge in [0.2, 0.25) is 0 Å². The molecular weight excluding hydrogens is 380 g/mol. The van der Waals surface area contributed by atoms with Gasteiger partial charge in [-0.05, 0) is 24.5 Å². The number of nitrogens with zero attached hydrogens (tertiary/aromatic N) is 5. The average molecular weight is 404 g/mol. The monoisotopic (exact) mass is 404 g/mol. The molecule has 0 bridgehead atoms. The van der Waals surface area contributed by atoms with E-state index < -0.39 is 0 Å². The Balaban J connectivity index is 1.53. The lowest BCUT2D eigenvalue weighted by Crippen LogP contribution is -2.23. The quantitative estimate of drug-likeness (QED) is 0.681. The molecular formula is C22H24N6O2. The summed E-state index contributed by atoms with van der Waals surface area (Å²) >= 11 is 0. The van der Waals surface area contributed by atoms with Crippen molar-refractivity contribution in [1.82, 2.24) is 30.0 Å². The molecule has 2 amide bonds. The highest BCUT2D eigenvalue weighted by Crippen LogP contribution is 2.39. The van der Waals surface area contributed by atoms with Crippen molar-refractivity contribution >= 4 is 11.8 Å². The van der Waals surface area contributed by atoms with E-state index in [-0.39, 0.29) is 11.8 Å². The highest BCUT2D eigenvalue weighted by Gasteiger charge is 2.28. The van der Waals surface area contributed by atoms with Gasteiger partial charge in [0.25, 0.3) is 11.8 Å². The molecule has 0 radical (unpaired) electrons. The van der Waals surface area contributed by atoms with E-state index in [2.05, 4.69) is 15.4 Å². The van der Waals surface area contributed by atoms with Gasteiger partial charge in [-0.15, -0.1) is 0 Å². The SMILES string of the molecule is CN(C)C(=O)c1cnc(C2CC2)nc1-c1ccc(CNC(=O)c2ccn(C)n2)cc1. The number of aromatic nitrogens is 4. The Morgan fingerprint density at radius 1 is 1.17 bits per heavy atom. The van der Waals surface area contributed by atoms with Crippen LogP contribution in [0, 0.1) is 0 Å². The third-order valence-electron chi connectivity index (χ3n) is 5.01. The van der Waals surface area contributed by atoms with Crippen LogP contribution in [0.1, 0.15) is 51.0 Å². The zero-order chi connectivity index (χ0) is 21.3. The van der Waals surface area contributed by atoms with Gasteiger partial charge < -0.3 is 10.2 Å². The van der Waals surface area contributed by atoms with Gasteiger partial charge in [0.05, 0.1) is 11.3 Å². The van der Waals surface area contributed by atoms with Crippen LogP contribution in [0.15, 0.2) is 42.7 Å². The molecule has 1 aliphatic rings. The van der Waals surface area contributed by atoms with Crippen LogP contribution in [0.5, 0.6) is 0 Å². The number of hydrogen-bond donors (Lipinski definition) is 1. The Morgan fingerprint density at radius 3 is 2.50 bits per heavy atom. The maximum atomic E-state index is 12.6. The fourth-order valence-corrected chi connectivity index (χ4v) is 3.14. The molecule has 1 fully saturated rings. The molecule has 0 spiro atoms. The first-order valence-electron chi connectivity index (χ1n) is 9.88. The zero-order valence-corrected chi connectivity index (χ0v) is 17.3.